The van der Waals surface area contributed by atoms with Gasteiger partial charge in [0.15, 0.2) is 0 Å². The Morgan fingerprint density at radius 2 is 2.00 bits per heavy atom. The molecule has 1 saturated carbocycles. The molecular weight excluding hydrogens is 245 g/mol. The second-order valence-corrected chi connectivity index (χ2v) is 5.34. The van der Waals surface area contributed by atoms with Gasteiger partial charge in [0.25, 0.3) is 0 Å². The molecule has 0 spiro atoms. The molecule has 1 aromatic carbocycles. The molecule has 76 valence electrons. The summed E-state index contributed by atoms with van der Waals surface area (Å²) < 4.78 is 14.0. The van der Waals surface area contributed by atoms with Crippen LogP contribution in [0.3, 0.4) is 0 Å². The van der Waals surface area contributed by atoms with Crippen LogP contribution in [0.25, 0.3) is 0 Å². The van der Waals surface area contributed by atoms with Crippen molar-refractivity contribution in [1.82, 2.24) is 0 Å². The molecule has 1 aromatic rings. The lowest BCUT2D eigenvalue weighted by Crippen LogP contribution is -2.06. The average Bonchev–Trinajstić information content (AvgIpc) is 2.58. The first-order valence-electron chi connectivity index (χ1n) is 4.65. The second kappa shape index (κ2) is 3.04. The number of halogens is 2. The Morgan fingerprint density at radius 3 is 2.50 bits per heavy atom. The van der Waals surface area contributed by atoms with Gasteiger partial charge in [-0.25, -0.2) is 4.39 Å². The van der Waals surface area contributed by atoms with Gasteiger partial charge in [0.1, 0.15) is 5.82 Å². The normalized spacial score (nSPS) is 28.9. The van der Waals surface area contributed by atoms with Gasteiger partial charge in [-0.1, -0.05) is 29.8 Å². The number of hydrogen-bond acceptors (Lipinski definition) is 1. The van der Waals surface area contributed by atoms with Crippen molar-refractivity contribution in [2.24, 2.45) is 11.1 Å². The van der Waals surface area contributed by atoms with E-state index < -0.39 is 0 Å². The minimum Gasteiger partial charge on any atom is -0.327 e. The van der Waals surface area contributed by atoms with Gasteiger partial charge < -0.3 is 5.73 Å². The zero-order valence-corrected chi connectivity index (χ0v) is 9.81. The molecule has 0 aliphatic heterocycles. The fourth-order valence-electron chi connectivity index (χ4n) is 2.02. The van der Waals surface area contributed by atoms with Crippen molar-refractivity contribution in [2.75, 3.05) is 0 Å². The number of benzene rings is 1. The van der Waals surface area contributed by atoms with Crippen LogP contribution in [0, 0.1) is 11.2 Å². The predicted octanol–water partition coefficient (Wildman–Crippen LogP) is 3.04. The standard InChI is InChI=1S/C11H13BrFN/c1-11(2)9(10(11)14)7-5-6(13)3-4-8(7)12/h3-5,9-10H,14H2,1-2H3. The van der Waals surface area contributed by atoms with E-state index in [1.807, 2.05) is 0 Å². The minimum atomic E-state index is -0.196. The van der Waals surface area contributed by atoms with E-state index in [0.717, 1.165) is 10.0 Å². The topological polar surface area (TPSA) is 26.0 Å². The summed E-state index contributed by atoms with van der Waals surface area (Å²) in [5.74, 6) is 0.0747. The summed E-state index contributed by atoms with van der Waals surface area (Å²) in [5, 5.41) is 0. The van der Waals surface area contributed by atoms with E-state index in [9.17, 15) is 4.39 Å². The number of rotatable bonds is 1. The molecule has 0 aromatic heterocycles. The summed E-state index contributed by atoms with van der Waals surface area (Å²) in [7, 11) is 0. The highest BCUT2D eigenvalue weighted by atomic mass is 79.9. The van der Waals surface area contributed by atoms with E-state index in [4.69, 9.17) is 5.73 Å². The fraction of sp³-hybridized carbons (Fsp3) is 0.455. The third-order valence-corrected chi connectivity index (χ3v) is 3.93. The summed E-state index contributed by atoms with van der Waals surface area (Å²) in [4.78, 5) is 0. The first-order valence-corrected chi connectivity index (χ1v) is 5.44. The van der Waals surface area contributed by atoms with Crippen molar-refractivity contribution < 1.29 is 4.39 Å². The predicted molar refractivity (Wildman–Crippen MR) is 58.6 cm³/mol. The van der Waals surface area contributed by atoms with Gasteiger partial charge in [-0.15, -0.1) is 0 Å². The van der Waals surface area contributed by atoms with Crippen molar-refractivity contribution in [1.29, 1.82) is 0 Å². The molecule has 2 unspecified atom stereocenters. The Bertz CT molecular complexity index is 376. The van der Waals surface area contributed by atoms with E-state index in [1.54, 1.807) is 12.1 Å². The lowest BCUT2D eigenvalue weighted by molar-refractivity contribution is 0.593. The lowest BCUT2D eigenvalue weighted by atomic mass is 10.0. The van der Waals surface area contributed by atoms with Crippen molar-refractivity contribution in [3.8, 4) is 0 Å². The highest BCUT2D eigenvalue weighted by Gasteiger charge is 2.56. The molecule has 2 rings (SSSR count). The first kappa shape index (κ1) is 10.1. The minimum absolute atomic E-state index is 0.0936. The lowest BCUT2D eigenvalue weighted by Gasteiger charge is -2.05. The quantitative estimate of drug-likeness (QED) is 0.823. The van der Waals surface area contributed by atoms with Crippen LogP contribution in [-0.2, 0) is 0 Å². The molecule has 1 fully saturated rings. The molecule has 1 nitrogen and oxygen atoms in total. The summed E-state index contributed by atoms with van der Waals surface area (Å²) in [5.41, 5.74) is 7.03. The molecule has 14 heavy (non-hydrogen) atoms. The van der Waals surface area contributed by atoms with Gasteiger partial charge in [0.2, 0.25) is 0 Å². The van der Waals surface area contributed by atoms with Gasteiger partial charge in [0, 0.05) is 16.4 Å². The molecule has 2 N–H and O–H groups in total. The molecule has 3 heteroatoms. The molecule has 0 radical (unpaired) electrons. The third-order valence-electron chi connectivity index (χ3n) is 3.20. The maximum Gasteiger partial charge on any atom is 0.123 e. The van der Waals surface area contributed by atoms with Crippen LogP contribution in [-0.4, -0.2) is 6.04 Å². The smallest absolute Gasteiger partial charge is 0.123 e. The van der Waals surface area contributed by atoms with Crippen LogP contribution in [0.4, 0.5) is 4.39 Å². The third kappa shape index (κ3) is 1.39. The molecule has 0 heterocycles. The van der Waals surface area contributed by atoms with Crippen LogP contribution < -0.4 is 5.73 Å². The van der Waals surface area contributed by atoms with E-state index in [2.05, 4.69) is 29.8 Å². The van der Waals surface area contributed by atoms with E-state index >= 15 is 0 Å². The van der Waals surface area contributed by atoms with Crippen LogP contribution in [0.1, 0.15) is 25.3 Å². The van der Waals surface area contributed by atoms with Crippen molar-refractivity contribution >= 4 is 15.9 Å². The second-order valence-electron chi connectivity index (χ2n) is 4.49. The summed E-state index contributed by atoms with van der Waals surface area (Å²) >= 11 is 3.43. The zero-order valence-electron chi connectivity index (χ0n) is 8.22. The average molecular weight is 258 g/mol. The van der Waals surface area contributed by atoms with Crippen LogP contribution >= 0.6 is 15.9 Å². The number of nitrogens with two attached hydrogens (primary N) is 1. The monoisotopic (exact) mass is 257 g/mol. The van der Waals surface area contributed by atoms with E-state index in [-0.39, 0.29) is 23.2 Å². The maximum atomic E-state index is 13.1. The van der Waals surface area contributed by atoms with E-state index in [0.29, 0.717) is 0 Å². The van der Waals surface area contributed by atoms with Crippen LogP contribution in [0.2, 0.25) is 0 Å². The summed E-state index contributed by atoms with van der Waals surface area (Å²) in [6.07, 6.45) is 0. The summed E-state index contributed by atoms with van der Waals surface area (Å²) in [6.45, 7) is 4.22. The van der Waals surface area contributed by atoms with Gasteiger partial charge >= 0.3 is 0 Å². The Kier molecular flexibility index (Phi) is 2.20. The molecular formula is C11H13BrFN. The SMILES string of the molecule is CC1(C)C(N)C1c1cc(F)ccc1Br. The maximum absolute atomic E-state index is 13.1. The first-order chi connectivity index (χ1) is 6.44. The molecule has 1 aliphatic rings. The largest absolute Gasteiger partial charge is 0.327 e. The van der Waals surface area contributed by atoms with Gasteiger partial charge in [-0.05, 0) is 29.2 Å². The van der Waals surface area contributed by atoms with Gasteiger partial charge in [-0.2, -0.15) is 0 Å². The van der Waals surface area contributed by atoms with Crippen molar-refractivity contribution in [2.45, 2.75) is 25.8 Å². The Hall–Kier alpha value is -0.410. The summed E-state index contributed by atoms with van der Waals surface area (Å²) in [6, 6.07) is 4.91. The van der Waals surface area contributed by atoms with Gasteiger partial charge in [0.05, 0.1) is 0 Å². The number of hydrogen-bond donors (Lipinski definition) is 1. The van der Waals surface area contributed by atoms with Crippen molar-refractivity contribution in [3.05, 3.63) is 34.1 Å². The zero-order chi connectivity index (χ0) is 10.5. The van der Waals surface area contributed by atoms with Crippen LogP contribution in [0.5, 0.6) is 0 Å². The van der Waals surface area contributed by atoms with E-state index in [1.165, 1.54) is 6.07 Å². The Balaban J connectivity index is 2.39. The Morgan fingerprint density at radius 1 is 1.43 bits per heavy atom. The van der Waals surface area contributed by atoms with Crippen molar-refractivity contribution in [3.63, 3.8) is 0 Å². The highest BCUT2D eigenvalue weighted by molar-refractivity contribution is 9.10. The molecule has 1 aliphatic carbocycles. The van der Waals surface area contributed by atoms with Crippen LogP contribution in [0.15, 0.2) is 22.7 Å². The van der Waals surface area contributed by atoms with Gasteiger partial charge in [-0.3, -0.25) is 0 Å². The molecule has 0 saturated heterocycles. The molecule has 0 amide bonds. The fourth-order valence-corrected chi connectivity index (χ4v) is 2.52. The highest BCUT2D eigenvalue weighted by Crippen LogP contribution is 2.58. The molecule has 0 bridgehead atoms. The molecule has 2 atom stereocenters. The Labute approximate surface area is 91.6 Å².